The molecular formula is C8H13I. The molecule has 0 radical (unpaired) electrons. The summed E-state index contributed by atoms with van der Waals surface area (Å²) in [6.07, 6.45) is 6.90. The van der Waals surface area contributed by atoms with E-state index in [4.69, 9.17) is 0 Å². The molecule has 2 atom stereocenters. The van der Waals surface area contributed by atoms with Crippen LogP contribution in [0.25, 0.3) is 0 Å². The van der Waals surface area contributed by atoms with Crippen LogP contribution >= 0.6 is 24.0 Å². The van der Waals surface area contributed by atoms with E-state index in [1.165, 1.54) is 19.3 Å². The summed E-state index contributed by atoms with van der Waals surface area (Å²) in [5.41, 5.74) is 1.67. The average Bonchev–Trinajstić information content (AvgIpc) is 2.23. The van der Waals surface area contributed by atoms with Crippen LogP contribution in [0.1, 0.15) is 26.2 Å². The second-order valence-electron chi connectivity index (χ2n) is 3.18. The van der Waals surface area contributed by atoms with Gasteiger partial charge in [0, 0.05) is 0 Å². The van der Waals surface area contributed by atoms with Crippen molar-refractivity contribution in [1.82, 2.24) is 0 Å². The Hall–Kier alpha value is 0.470. The van der Waals surface area contributed by atoms with Gasteiger partial charge in [0.05, 0.1) is 0 Å². The van der Waals surface area contributed by atoms with Gasteiger partial charge in [0.15, 0.2) is 0 Å². The van der Waals surface area contributed by atoms with Gasteiger partial charge in [0.25, 0.3) is 0 Å². The van der Waals surface area contributed by atoms with Crippen LogP contribution in [0, 0.1) is 11.8 Å². The molecule has 0 saturated heterocycles. The van der Waals surface area contributed by atoms with Crippen molar-refractivity contribution in [3.63, 3.8) is 0 Å². The van der Waals surface area contributed by atoms with Crippen LogP contribution in [0.2, 0.25) is 0 Å². The minimum Gasteiger partial charge on any atom is -0.107 e. The average molecular weight is 236 g/mol. The second kappa shape index (κ2) is 2.60. The van der Waals surface area contributed by atoms with Crippen LogP contribution in [-0.2, 0) is 0 Å². The van der Waals surface area contributed by atoms with Crippen molar-refractivity contribution in [2.75, 3.05) is 0 Å². The molecule has 0 aromatic rings. The standard InChI is InChI=1S/C8H12.HI/c1-6-4-7-2-3-8(6)5-7;/h4,7-8H,2-3,5H2,1H3;1H. The van der Waals surface area contributed by atoms with E-state index in [0.29, 0.717) is 0 Å². The quantitative estimate of drug-likeness (QED) is 0.448. The third kappa shape index (κ3) is 1.16. The van der Waals surface area contributed by atoms with Crippen molar-refractivity contribution in [3.05, 3.63) is 11.6 Å². The highest BCUT2D eigenvalue weighted by atomic mass is 127. The highest BCUT2D eigenvalue weighted by Gasteiger charge is 2.29. The topological polar surface area (TPSA) is 0 Å². The van der Waals surface area contributed by atoms with E-state index in [1.807, 2.05) is 0 Å². The van der Waals surface area contributed by atoms with Crippen molar-refractivity contribution in [1.29, 1.82) is 0 Å². The molecule has 1 fully saturated rings. The maximum atomic E-state index is 2.47. The van der Waals surface area contributed by atoms with Gasteiger partial charge in [-0.15, -0.1) is 24.0 Å². The predicted octanol–water partition coefficient (Wildman–Crippen LogP) is 2.98. The minimum atomic E-state index is 0. The van der Waals surface area contributed by atoms with Crippen LogP contribution in [0.3, 0.4) is 0 Å². The number of allylic oxidation sites excluding steroid dienone is 2. The molecule has 0 amide bonds. The fourth-order valence-corrected chi connectivity index (χ4v) is 2.09. The molecule has 0 aromatic heterocycles. The minimum absolute atomic E-state index is 0. The molecule has 2 bridgehead atoms. The lowest BCUT2D eigenvalue weighted by Gasteiger charge is -2.05. The number of hydrogen-bond donors (Lipinski definition) is 0. The Morgan fingerprint density at radius 1 is 1.44 bits per heavy atom. The van der Waals surface area contributed by atoms with E-state index >= 15 is 0 Å². The Morgan fingerprint density at radius 2 is 2.22 bits per heavy atom. The predicted molar refractivity (Wildman–Crippen MR) is 50.0 cm³/mol. The SMILES string of the molecule is CC1=CC2CCC1C2.I. The van der Waals surface area contributed by atoms with E-state index in [0.717, 1.165) is 11.8 Å². The van der Waals surface area contributed by atoms with E-state index in [1.54, 1.807) is 5.57 Å². The molecule has 0 nitrogen and oxygen atoms in total. The molecule has 0 aliphatic heterocycles. The van der Waals surface area contributed by atoms with E-state index in [-0.39, 0.29) is 24.0 Å². The first-order chi connectivity index (χ1) is 3.86. The zero-order valence-corrected chi connectivity index (χ0v) is 8.09. The summed E-state index contributed by atoms with van der Waals surface area (Å²) in [5, 5.41) is 0. The third-order valence-corrected chi connectivity index (χ3v) is 2.62. The summed E-state index contributed by atoms with van der Waals surface area (Å²) in [4.78, 5) is 0. The highest BCUT2D eigenvalue weighted by molar-refractivity contribution is 14.0. The number of halogens is 1. The van der Waals surface area contributed by atoms with Crippen LogP contribution in [-0.4, -0.2) is 0 Å². The van der Waals surface area contributed by atoms with Gasteiger partial charge in [-0.1, -0.05) is 11.6 Å². The number of rotatable bonds is 0. The van der Waals surface area contributed by atoms with Gasteiger partial charge in [0.2, 0.25) is 0 Å². The lowest BCUT2D eigenvalue weighted by molar-refractivity contribution is 0.657. The van der Waals surface area contributed by atoms with E-state index in [2.05, 4.69) is 13.0 Å². The molecule has 52 valence electrons. The maximum absolute atomic E-state index is 2.47. The Balaban J connectivity index is 0.000000405. The van der Waals surface area contributed by atoms with Gasteiger partial charge in [-0.2, -0.15) is 0 Å². The van der Waals surface area contributed by atoms with Crippen molar-refractivity contribution >= 4 is 24.0 Å². The molecule has 0 aromatic carbocycles. The summed E-state index contributed by atoms with van der Waals surface area (Å²) < 4.78 is 0. The molecule has 0 N–H and O–H groups in total. The van der Waals surface area contributed by atoms with Crippen LogP contribution in [0.4, 0.5) is 0 Å². The molecule has 0 spiro atoms. The van der Waals surface area contributed by atoms with Gasteiger partial charge in [-0.05, 0) is 38.0 Å². The Bertz CT molecular complexity index is 138. The van der Waals surface area contributed by atoms with Crippen LogP contribution in [0.5, 0.6) is 0 Å². The Kier molecular flexibility index (Phi) is 2.19. The first-order valence-corrected chi connectivity index (χ1v) is 3.54. The van der Waals surface area contributed by atoms with Gasteiger partial charge in [-0.25, -0.2) is 0 Å². The summed E-state index contributed by atoms with van der Waals surface area (Å²) in [5.74, 6) is 1.99. The largest absolute Gasteiger partial charge is 0.107 e. The van der Waals surface area contributed by atoms with Crippen molar-refractivity contribution < 1.29 is 0 Å². The third-order valence-electron chi connectivity index (χ3n) is 2.62. The maximum Gasteiger partial charge on any atom is -0.0200 e. The Morgan fingerprint density at radius 3 is 2.44 bits per heavy atom. The Labute approximate surface area is 73.7 Å². The molecule has 0 heterocycles. The number of hydrogen-bond acceptors (Lipinski definition) is 0. The molecule has 1 saturated carbocycles. The second-order valence-corrected chi connectivity index (χ2v) is 3.18. The fraction of sp³-hybridized carbons (Fsp3) is 0.750. The first kappa shape index (κ1) is 7.58. The molecule has 2 rings (SSSR count). The first-order valence-electron chi connectivity index (χ1n) is 3.54. The summed E-state index contributed by atoms with van der Waals surface area (Å²) in [6, 6.07) is 0. The van der Waals surface area contributed by atoms with E-state index < -0.39 is 0 Å². The summed E-state index contributed by atoms with van der Waals surface area (Å²) >= 11 is 0. The van der Waals surface area contributed by atoms with Crippen molar-refractivity contribution in [2.45, 2.75) is 26.2 Å². The molecule has 9 heavy (non-hydrogen) atoms. The zero-order chi connectivity index (χ0) is 5.56. The fourth-order valence-electron chi connectivity index (χ4n) is 2.09. The normalized spacial score (nSPS) is 38.1. The smallest absolute Gasteiger partial charge is 0.0200 e. The highest BCUT2D eigenvalue weighted by Crippen LogP contribution is 2.42. The van der Waals surface area contributed by atoms with Crippen LogP contribution in [0.15, 0.2) is 11.6 Å². The zero-order valence-electron chi connectivity index (χ0n) is 5.76. The summed E-state index contributed by atoms with van der Waals surface area (Å²) in [6.45, 7) is 2.28. The molecule has 2 aliphatic rings. The molecule has 1 heteroatoms. The molecule has 2 aliphatic carbocycles. The van der Waals surface area contributed by atoms with Gasteiger partial charge < -0.3 is 0 Å². The van der Waals surface area contributed by atoms with Crippen molar-refractivity contribution in [3.8, 4) is 0 Å². The van der Waals surface area contributed by atoms with Gasteiger partial charge in [-0.3, -0.25) is 0 Å². The van der Waals surface area contributed by atoms with E-state index in [9.17, 15) is 0 Å². The lowest BCUT2D eigenvalue weighted by atomic mass is 10.0. The lowest BCUT2D eigenvalue weighted by Crippen LogP contribution is -1.91. The monoisotopic (exact) mass is 236 g/mol. The summed E-state index contributed by atoms with van der Waals surface area (Å²) in [7, 11) is 0. The van der Waals surface area contributed by atoms with Crippen LogP contribution < -0.4 is 0 Å². The molecular weight excluding hydrogens is 223 g/mol. The van der Waals surface area contributed by atoms with Crippen molar-refractivity contribution in [2.24, 2.45) is 11.8 Å². The van der Waals surface area contributed by atoms with Gasteiger partial charge >= 0.3 is 0 Å². The number of fused-ring (bicyclic) bond motifs is 2. The van der Waals surface area contributed by atoms with Gasteiger partial charge in [0.1, 0.15) is 0 Å². The molecule has 2 unspecified atom stereocenters.